The van der Waals surface area contributed by atoms with Gasteiger partial charge in [0.05, 0.1) is 33.8 Å². The van der Waals surface area contributed by atoms with Crippen molar-refractivity contribution < 1.29 is 18.6 Å². The molecule has 0 spiro atoms. The van der Waals surface area contributed by atoms with E-state index in [9.17, 15) is 0 Å². The molecule has 0 bridgehead atoms. The highest BCUT2D eigenvalue weighted by Crippen LogP contribution is 2.38. The molecule has 1 aromatic carbocycles. The smallest absolute Gasteiger partial charge is 0.203 e. The lowest BCUT2D eigenvalue weighted by Gasteiger charge is -2.15. The zero-order chi connectivity index (χ0) is 19.5. The van der Waals surface area contributed by atoms with Gasteiger partial charge in [0, 0.05) is 18.7 Å². The SMILES string of the molecule is COc1cc(CNc2cc(-c3ccco3)nc3ccnn23)cc(OC)c1OC. The largest absolute Gasteiger partial charge is 0.493 e. The minimum Gasteiger partial charge on any atom is -0.493 e. The standard InChI is InChI=1S/C20H20N4O4/c1-25-16-9-13(10-17(26-2)20(16)27-3)12-21-19-11-14(15-5-4-8-28-15)23-18-6-7-22-24(18)19/h4-11,21H,12H2,1-3H3. The number of aromatic nitrogens is 3. The fourth-order valence-corrected chi connectivity index (χ4v) is 3.02. The lowest BCUT2D eigenvalue weighted by Crippen LogP contribution is -2.07. The summed E-state index contributed by atoms with van der Waals surface area (Å²) in [6.45, 7) is 0.521. The van der Waals surface area contributed by atoms with E-state index in [-0.39, 0.29) is 0 Å². The Bertz CT molecular complexity index is 1060. The van der Waals surface area contributed by atoms with Crippen LogP contribution in [0, 0.1) is 0 Å². The van der Waals surface area contributed by atoms with Crippen LogP contribution in [0.1, 0.15) is 5.56 Å². The Morgan fingerprint density at radius 3 is 2.46 bits per heavy atom. The van der Waals surface area contributed by atoms with E-state index in [2.05, 4.69) is 15.4 Å². The first kappa shape index (κ1) is 17.7. The van der Waals surface area contributed by atoms with Crippen LogP contribution in [0.25, 0.3) is 17.1 Å². The number of ether oxygens (including phenoxy) is 3. The maximum atomic E-state index is 5.48. The Morgan fingerprint density at radius 1 is 1.04 bits per heavy atom. The summed E-state index contributed by atoms with van der Waals surface area (Å²) >= 11 is 0. The number of methoxy groups -OCH3 is 3. The van der Waals surface area contributed by atoms with Crippen molar-refractivity contribution in [1.82, 2.24) is 14.6 Å². The van der Waals surface area contributed by atoms with E-state index in [0.29, 0.717) is 29.6 Å². The van der Waals surface area contributed by atoms with Crippen LogP contribution in [-0.4, -0.2) is 35.9 Å². The molecule has 0 saturated carbocycles. The highest BCUT2D eigenvalue weighted by molar-refractivity contribution is 5.63. The van der Waals surface area contributed by atoms with Crippen LogP contribution >= 0.6 is 0 Å². The van der Waals surface area contributed by atoms with Gasteiger partial charge in [-0.25, -0.2) is 4.98 Å². The second-order valence-electron chi connectivity index (χ2n) is 5.99. The number of furan rings is 1. The van der Waals surface area contributed by atoms with Gasteiger partial charge in [0.2, 0.25) is 5.75 Å². The number of hydrogen-bond donors (Lipinski definition) is 1. The van der Waals surface area contributed by atoms with E-state index >= 15 is 0 Å². The Hall–Kier alpha value is -3.68. The first-order valence-electron chi connectivity index (χ1n) is 8.65. The molecule has 0 unspecified atom stereocenters. The molecule has 8 nitrogen and oxygen atoms in total. The highest BCUT2D eigenvalue weighted by atomic mass is 16.5. The summed E-state index contributed by atoms with van der Waals surface area (Å²) in [5, 5.41) is 7.74. The van der Waals surface area contributed by atoms with Gasteiger partial charge in [0.1, 0.15) is 11.5 Å². The van der Waals surface area contributed by atoms with Crippen LogP contribution in [0.3, 0.4) is 0 Å². The Balaban J connectivity index is 1.67. The maximum absolute atomic E-state index is 5.48. The van der Waals surface area contributed by atoms with Gasteiger partial charge >= 0.3 is 0 Å². The molecule has 8 heteroatoms. The predicted molar refractivity (Wildman–Crippen MR) is 104 cm³/mol. The molecule has 0 saturated heterocycles. The van der Waals surface area contributed by atoms with Crippen LogP contribution in [0.2, 0.25) is 0 Å². The third-order valence-corrected chi connectivity index (χ3v) is 4.33. The molecule has 3 heterocycles. The van der Waals surface area contributed by atoms with Crippen LogP contribution in [-0.2, 0) is 6.54 Å². The third-order valence-electron chi connectivity index (χ3n) is 4.33. The average Bonchev–Trinajstić information content (AvgIpc) is 3.42. The zero-order valence-electron chi connectivity index (χ0n) is 15.8. The lowest BCUT2D eigenvalue weighted by atomic mass is 10.1. The molecule has 0 aliphatic rings. The summed E-state index contributed by atoms with van der Waals surface area (Å²) in [4.78, 5) is 4.58. The second kappa shape index (κ2) is 7.51. The van der Waals surface area contributed by atoms with Gasteiger partial charge < -0.3 is 23.9 Å². The van der Waals surface area contributed by atoms with Crippen LogP contribution in [0.5, 0.6) is 17.2 Å². The number of nitrogens with one attached hydrogen (secondary N) is 1. The van der Waals surface area contributed by atoms with Gasteiger partial charge in [-0.05, 0) is 29.8 Å². The van der Waals surface area contributed by atoms with Crippen LogP contribution in [0.4, 0.5) is 5.82 Å². The van der Waals surface area contributed by atoms with Gasteiger partial charge in [-0.3, -0.25) is 0 Å². The molecule has 0 fully saturated rings. The van der Waals surface area contributed by atoms with Crippen molar-refractivity contribution in [3.05, 3.63) is 54.4 Å². The monoisotopic (exact) mass is 380 g/mol. The summed E-state index contributed by atoms with van der Waals surface area (Å²) in [6.07, 6.45) is 3.33. The van der Waals surface area contributed by atoms with E-state index < -0.39 is 0 Å². The lowest BCUT2D eigenvalue weighted by molar-refractivity contribution is 0.324. The normalized spacial score (nSPS) is 10.8. The molecular weight excluding hydrogens is 360 g/mol. The summed E-state index contributed by atoms with van der Waals surface area (Å²) in [5.41, 5.74) is 2.41. The Labute approximate surface area is 161 Å². The molecule has 0 radical (unpaired) electrons. The zero-order valence-corrected chi connectivity index (χ0v) is 15.8. The number of fused-ring (bicyclic) bond motifs is 1. The summed E-state index contributed by atoms with van der Waals surface area (Å²) in [6, 6.07) is 11.3. The van der Waals surface area contributed by atoms with Crippen molar-refractivity contribution in [2.75, 3.05) is 26.6 Å². The van der Waals surface area contributed by atoms with Gasteiger partial charge in [-0.15, -0.1) is 0 Å². The minimum absolute atomic E-state index is 0.521. The van der Waals surface area contributed by atoms with Crippen molar-refractivity contribution in [1.29, 1.82) is 0 Å². The molecule has 3 aromatic heterocycles. The number of benzene rings is 1. The van der Waals surface area contributed by atoms with Crippen molar-refractivity contribution in [3.8, 4) is 28.7 Å². The van der Waals surface area contributed by atoms with E-state index in [4.69, 9.17) is 18.6 Å². The maximum Gasteiger partial charge on any atom is 0.203 e. The third kappa shape index (κ3) is 3.20. The van der Waals surface area contributed by atoms with Crippen molar-refractivity contribution in [3.63, 3.8) is 0 Å². The number of nitrogens with zero attached hydrogens (tertiary/aromatic N) is 3. The fourth-order valence-electron chi connectivity index (χ4n) is 3.02. The van der Waals surface area contributed by atoms with Crippen LogP contribution in [0.15, 0.2) is 53.3 Å². The van der Waals surface area contributed by atoms with Crippen molar-refractivity contribution >= 4 is 11.5 Å². The number of hydrogen-bond acceptors (Lipinski definition) is 7. The number of anilines is 1. The van der Waals surface area contributed by atoms with E-state index in [1.165, 1.54) is 0 Å². The van der Waals surface area contributed by atoms with Gasteiger partial charge in [0.15, 0.2) is 22.9 Å². The fraction of sp³-hybridized carbons (Fsp3) is 0.200. The Morgan fingerprint density at radius 2 is 1.82 bits per heavy atom. The first-order chi connectivity index (χ1) is 13.7. The van der Waals surface area contributed by atoms with Gasteiger partial charge in [-0.1, -0.05) is 0 Å². The molecule has 0 aliphatic heterocycles. The van der Waals surface area contributed by atoms with E-state index in [1.807, 2.05) is 36.4 Å². The molecule has 4 aromatic rings. The molecular formula is C20H20N4O4. The molecule has 144 valence electrons. The average molecular weight is 380 g/mol. The number of rotatable bonds is 7. The molecule has 28 heavy (non-hydrogen) atoms. The summed E-state index contributed by atoms with van der Waals surface area (Å²) in [5.74, 6) is 3.25. The topological polar surface area (TPSA) is 83.1 Å². The first-order valence-corrected chi connectivity index (χ1v) is 8.65. The minimum atomic E-state index is 0.521. The molecule has 0 atom stereocenters. The molecule has 0 amide bonds. The van der Waals surface area contributed by atoms with E-state index in [0.717, 1.165) is 22.7 Å². The highest BCUT2D eigenvalue weighted by Gasteiger charge is 2.14. The second-order valence-corrected chi connectivity index (χ2v) is 5.99. The van der Waals surface area contributed by atoms with Gasteiger partial charge in [-0.2, -0.15) is 9.61 Å². The van der Waals surface area contributed by atoms with Crippen molar-refractivity contribution in [2.24, 2.45) is 0 Å². The van der Waals surface area contributed by atoms with Crippen molar-refractivity contribution in [2.45, 2.75) is 6.54 Å². The molecule has 1 N–H and O–H groups in total. The predicted octanol–water partition coefficient (Wildman–Crippen LogP) is 3.63. The van der Waals surface area contributed by atoms with E-state index in [1.54, 1.807) is 38.3 Å². The summed E-state index contributed by atoms with van der Waals surface area (Å²) < 4.78 is 23.4. The Kier molecular flexibility index (Phi) is 4.76. The summed E-state index contributed by atoms with van der Waals surface area (Å²) in [7, 11) is 4.78. The van der Waals surface area contributed by atoms with Gasteiger partial charge in [0.25, 0.3) is 0 Å². The molecule has 4 rings (SSSR count). The van der Waals surface area contributed by atoms with Crippen LogP contribution < -0.4 is 19.5 Å². The molecule has 0 aliphatic carbocycles. The quantitative estimate of drug-likeness (QED) is 0.524.